The number of unbranched alkanes of at least 4 members (excludes halogenated alkanes) is 6. The van der Waals surface area contributed by atoms with Gasteiger partial charge in [-0.25, -0.2) is 0 Å². The summed E-state index contributed by atoms with van der Waals surface area (Å²) in [6.07, 6.45) is 10.2. The van der Waals surface area contributed by atoms with Crippen LogP contribution < -0.4 is 5.73 Å². The van der Waals surface area contributed by atoms with Gasteiger partial charge in [-0.15, -0.1) is 0 Å². The molecule has 0 saturated heterocycles. The summed E-state index contributed by atoms with van der Waals surface area (Å²) in [5, 5.41) is 0. The third-order valence-electron chi connectivity index (χ3n) is 1.71. The van der Waals surface area contributed by atoms with Crippen LogP contribution in [-0.4, -0.2) is 6.41 Å². The lowest BCUT2D eigenvalue weighted by Crippen LogP contribution is -1.82. The molecule has 0 saturated carbocycles. The fourth-order valence-electron chi connectivity index (χ4n) is 1.03. The Morgan fingerprint density at radius 1 is 0.857 bits per heavy atom. The summed E-state index contributed by atoms with van der Waals surface area (Å²) < 4.78 is 0. The Kier molecular flexibility index (Phi) is 40.1. The SMILES string of the molecule is CC.CCCCCCCCC.NC=O. The van der Waals surface area contributed by atoms with Crippen molar-refractivity contribution in [2.45, 2.75) is 72.6 Å². The van der Waals surface area contributed by atoms with Gasteiger partial charge < -0.3 is 5.73 Å². The maximum absolute atomic E-state index is 8.58. The number of hydrogen-bond acceptors (Lipinski definition) is 1. The fourth-order valence-corrected chi connectivity index (χ4v) is 1.03. The molecule has 0 spiro atoms. The second-order valence-electron chi connectivity index (χ2n) is 2.90. The molecule has 0 fully saturated rings. The molecule has 0 aromatic rings. The van der Waals surface area contributed by atoms with Crippen LogP contribution in [0.5, 0.6) is 0 Å². The van der Waals surface area contributed by atoms with E-state index in [1.54, 1.807) is 0 Å². The molecule has 0 bridgehead atoms. The molecule has 0 aliphatic heterocycles. The standard InChI is InChI=1S/C9H20.C2H6.CH3NO/c1-3-5-7-9-8-6-4-2;1-2;2-1-3/h3-9H2,1-2H3;1-2H3;1H,(H2,2,3). The molecule has 0 atom stereocenters. The van der Waals surface area contributed by atoms with Crippen molar-refractivity contribution in [1.82, 2.24) is 0 Å². The summed E-state index contributed by atoms with van der Waals surface area (Å²) in [6, 6.07) is 0. The fraction of sp³-hybridized carbons (Fsp3) is 0.917. The molecule has 0 radical (unpaired) electrons. The smallest absolute Gasteiger partial charge is 0.204 e. The van der Waals surface area contributed by atoms with E-state index in [0.29, 0.717) is 0 Å². The number of carbonyl (C=O) groups excluding carboxylic acids is 1. The first-order valence-electron chi connectivity index (χ1n) is 5.98. The Balaban J connectivity index is -0.000000205. The van der Waals surface area contributed by atoms with Gasteiger partial charge in [0.1, 0.15) is 0 Å². The van der Waals surface area contributed by atoms with E-state index in [0.717, 1.165) is 0 Å². The first-order chi connectivity index (χ1) is 6.83. The van der Waals surface area contributed by atoms with Crippen molar-refractivity contribution in [2.75, 3.05) is 0 Å². The molecule has 14 heavy (non-hydrogen) atoms. The van der Waals surface area contributed by atoms with Gasteiger partial charge in [-0.1, -0.05) is 72.6 Å². The average Bonchev–Trinajstić information content (AvgIpc) is 2.22. The quantitative estimate of drug-likeness (QED) is 0.516. The molecule has 88 valence electrons. The highest BCUT2D eigenvalue weighted by Gasteiger charge is 1.85. The third kappa shape index (κ3) is 42.0. The Hall–Kier alpha value is -0.530. The van der Waals surface area contributed by atoms with Gasteiger partial charge in [0, 0.05) is 0 Å². The minimum atomic E-state index is 0.250. The Bertz CT molecular complexity index is 68.7. The van der Waals surface area contributed by atoms with E-state index < -0.39 is 0 Å². The summed E-state index contributed by atoms with van der Waals surface area (Å²) in [5.41, 5.74) is 4.17. The van der Waals surface area contributed by atoms with Crippen molar-refractivity contribution in [3.05, 3.63) is 0 Å². The van der Waals surface area contributed by atoms with Crippen LogP contribution in [0, 0.1) is 0 Å². The lowest BCUT2D eigenvalue weighted by Gasteiger charge is -1.96. The zero-order valence-electron chi connectivity index (χ0n) is 10.5. The van der Waals surface area contributed by atoms with Crippen LogP contribution in [0.2, 0.25) is 0 Å². The summed E-state index contributed by atoms with van der Waals surface area (Å²) in [4.78, 5) is 8.58. The Morgan fingerprint density at radius 2 is 1.07 bits per heavy atom. The molecule has 1 amide bonds. The highest BCUT2D eigenvalue weighted by molar-refractivity contribution is 5.42. The topological polar surface area (TPSA) is 43.1 Å². The lowest BCUT2D eigenvalue weighted by atomic mass is 10.1. The van der Waals surface area contributed by atoms with E-state index in [1.807, 2.05) is 13.8 Å². The number of hydrogen-bond donors (Lipinski definition) is 1. The van der Waals surface area contributed by atoms with Gasteiger partial charge in [0.25, 0.3) is 0 Å². The molecule has 0 aromatic carbocycles. The molecule has 0 aliphatic rings. The van der Waals surface area contributed by atoms with Crippen molar-refractivity contribution in [2.24, 2.45) is 5.73 Å². The molecule has 2 N–H and O–H groups in total. The van der Waals surface area contributed by atoms with Gasteiger partial charge in [0.15, 0.2) is 0 Å². The van der Waals surface area contributed by atoms with Crippen LogP contribution in [-0.2, 0) is 4.79 Å². The predicted molar refractivity (Wildman–Crippen MR) is 65.3 cm³/mol. The monoisotopic (exact) mass is 203 g/mol. The summed E-state index contributed by atoms with van der Waals surface area (Å²) in [6.45, 7) is 8.53. The second kappa shape index (κ2) is 29.4. The van der Waals surface area contributed by atoms with Crippen LogP contribution in [0.25, 0.3) is 0 Å². The van der Waals surface area contributed by atoms with Crippen LogP contribution >= 0.6 is 0 Å². The Morgan fingerprint density at radius 3 is 1.29 bits per heavy atom. The predicted octanol–water partition coefficient (Wildman–Crippen LogP) is 3.88. The van der Waals surface area contributed by atoms with Crippen molar-refractivity contribution < 1.29 is 4.79 Å². The van der Waals surface area contributed by atoms with Crippen LogP contribution in [0.4, 0.5) is 0 Å². The molecule has 0 aromatic heterocycles. The van der Waals surface area contributed by atoms with E-state index in [4.69, 9.17) is 4.79 Å². The minimum Gasteiger partial charge on any atom is -0.372 e. The number of nitrogens with two attached hydrogens (primary N) is 1. The highest BCUT2D eigenvalue weighted by Crippen LogP contribution is 2.05. The number of primary amides is 1. The largest absolute Gasteiger partial charge is 0.372 e. The van der Waals surface area contributed by atoms with E-state index in [-0.39, 0.29) is 6.41 Å². The first kappa shape index (κ1) is 19.1. The molecule has 2 nitrogen and oxygen atoms in total. The first-order valence-corrected chi connectivity index (χ1v) is 5.98. The van der Waals surface area contributed by atoms with Crippen LogP contribution in [0.3, 0.4) is 0 Å². The van der Waals surface area contributed by atoms with E-state index in [2.05, 4.69) is 19.6 Å². The maximum Gasteiger partial charge on any atom is 0.204 e. The molecular formula is C12H29NO. The van der Waals surface area contributed by atoms with E-state index in [1.165, 1.54) is 44.9 Å². The average molecular weight is 203 g/mol. The lowest BCUT2D eigenvalue weighted by molar-refractivity contribution is -0.106. The molecule has 0 heterocycles. The van der Waals surface area contributed by atoms with Crippen molar-refractivity contribution >= 4 is 6.41 Å². The third-order valence-corrected chi connectivity index (χ3v) is 1.71. The van der Waals surface area contributed by atoms with Crippen LogP contribution in [0.15, 0.2) is 0 Å². The molecule has 0 unspecified atom stereocenters. The molecule has 2 heteroatoms. The van der Waals surface area contributed by atoms with Gasteiger partial charge in [-0.2, -0.15) is 0 Å². The van der Waals surface area contributed by atoms with Gasteiger partial charge in [0.2, 0.25) is 6.41 Å². The molecule has 0 aliphatic carbocycles. The Labute approximate surface area is 90.3 Å². The van der Waals surface area contributed by atoms with Crippen molar-refractivity contribution in [3.8, 4) is 0 Å². The molecular weight excluding hydrogens is 174 g/mol. The van der Waals surface area contributed by atoms with Gasteiger partial charge in [-0.05, 0) is 0 Å². The number of rotatable bonds is 6. The van der Waals surface area contributed by atoms with Crippen molar-refractivity contribution in [3.63, 3.8) is 0 Å². The van der Waals surface area contributed by atoms with Gasteiger partial charge in [-0.3, -0.25) is 4.79 Å². The van der Waals surface area contributed by atoms with Gasteiger partial charge >= 0.3 is 0 Å². The maximum atomic E-state index is 8.58. The van der Waals surface area contributed by atoms with Gasteiger partial charge in [0.05, 0.1) is 0 Å². The normalized spacial score (nSPS) is 7.71. The van der Waals surface area contributed by atoms with Crippen molar-refractivity contribution in [1.29, 1.82) is 0 Å². The van der Waals surface area contributed by atoms with E-state index in [9.17, 15) is 0 Å². The number of carbonyl (C=O) groups is 1. The summed E-state index contributed by atoms with van der Waals surface area (Å²) >= 11 is 0. The highest BCUT2D eigenvalue weighted by atomic mass is 16.1. The number of amides is 1. The minimum absolute atomic E-state index is 0.250. The van der Waals surface area contributed by atoms with E-state index >= 15 is 0 Å². The summed E-state index contributed by atoms with van der Waals surface area (Å²) in [7, 11) is 0. The zero-order chi connectivity index (χ0) is 11.7. The second-order valence-corrected chi connectivity index (χ2v) is 2.90. The van der Waals surface area contributed by atoms with Crippen LogP contribution in [0.1, 0.15) is 72.6 Å². The molecule has 0 rings (SSSR count). The summed E-state index contributed by atoms with van der Waals surface area (Å²) in [5.74, 6) is 0. The zero-order valence-corrected chi connectivity index (χ0v) is 10.5.